The second kappa shape index (κ2) is 4.04. The van der Waals surface area contributed by atoms with Gasteiger partial charge in [-0.05, 0) is 18.6 Å². The van der Waals surface area contributed by atoms with Crippen LogP contribution < -0.4 is 0 Å². The zero-order chi connectivity index (χ0) is 5.98. The van der Waals surface area contributed by atoms with Gasteiger partial charge in [0.15, 0.2) is 0 Å². The zero-order valence-corrected chi connectivity index (χ0v) is 4.39. The molecule has 0 bridgehead atoms. The Balaban J connectivity index is 0.000000640. The number of benzene rings is 1. The Bertz CT molecular complexity index is 165. The Hall–Kier alpha value is 0.150. The van der Waals surface area contributed by atoms with Crippen LogP contribution in [0, 0.1) is 12.7 Å². The maximum absolute atomic E-state index is 12.3. The van der Waals surface area contributed by atoms with Crippen molar-refractivity contribution >= 4 is 29.6 Å². The third-order valence-electron chi connectivity index (χ3n) is 0.958. The molecule has 9 heavy (non-hydrogen) atoms. The predicted octanol–water partition coefficient (Wildman–Crippen LogP) is 1.36. The van der Waals surface area contributed by atoms with Gasteiger partial charge < -0.3 is 0 Å². The van der Waals surface area contributed by atoms with E-state index in [4.69, 9.17) is 0 Å². The summed E-state index contributed by atoms with van der Waals surface area (Å²) in [7, 11) is 0. The van der Waals surface area contributed by atoms with E-state index in [9.17, 15) is 4.39 Å². The van der Waals surface area contributed by atoms with Crippen molar-refractivity contribution in [3.63, 3.8) is 0 Å². The third kappa shape index (κ3) is 2.48. The summed E-state index contributed by atoms with van der Waals surface area (Å²) in [5.74, 6) is -0.243. The Kier molecular flexibility index (Phi) is 4.11. The van der Waals surface area contributed by atoms with Gasteiger partial charge in [0.2, 0.25) is 0 Å². The van der Waals surface area contributed by atoms with Gasteiger partial charge in [-0.15, -0.1) is 0 Å². The Morgan fingerprint density at radius 3 is 2.11 bits per heavy atom. The van der Waals surface area contributed by atoms with E-state index < -0.39 is 0 Å². The molecule has 43 valence electrons. The topological polar surface area (TPSA) is 0 Å². The van der Waals surface area contributed by atoms with E-state index >= 15 is 0 Å². The van der Waals surface area contributed by atoms with Gasteiger partial charge in [0.25, 0.3) is 0 Å². The summed E-state index contributed by atoms with van der Waals surface area (Å²) in [4.78, 5) is 0. The molecule has 0 aliphatic rings. The van der Waals surface area contributed by atoms with Crippen molar-refractivity contribution in [2.24, 2.45) is 0 Å². The van der Waals surface area contributed by atoms with E-state index in [1.807, 2.05) is 0 Å². The van der Waals surface area contributed by atoms with Gasteiger partial charge in [0.05, 0.1) is 0 Å². The van der Waals surface area contributed by atoms with Gasteiger partial charge in [-0.2, -0.15) is 0 Å². The van der Waals surface area contributed by atoms with Gasteiger partial charge in [-0.3, -0.25) is 0 Å². The van der Waals surface area contributed by atoms with Crippen molar-refractivity contribution in [3.8, 4) is 0 Å². The summed E-state index contributed by atoms with van der Waals surface area (Å²) < 4.78 is 12.3. The molecule has 0 unspecified atom stereocenters. The van der Waals surface area contributed by atoms with Crippen LogP contribution in [0.25, 0.3) is 0 Å². The second-order valence-corrected chi connectivity index (χ2v) is 1.59. The van der Waals surface area contributed by atoms with E-state index in [1.165, 1.54) is 6.07 Å². The quantitative estimate of drug-likeness (QED) is 0.469. The molecular weight excluding hydrogens is 126 g/mol. The van der Waals surface area contributed by atoms with Gasteiger partial charge in [0, 0.05) is 0 Å². The first-order chi connectivity index (χ1) is 3.80. The summed E-state index contributed by atoms with van der Waals surface area (Å²) in [5.41, 5.74) is 0.451. The van der Waals surface area contributed by atoms with E-state index in [1.54, 1.807) is 18.2 Å². The van der Waals surface area contributed by atoms with Crippen LogP contribution in [0.3, 0.4) is 0 Å². The van der Waals surface area contributed by atoms with Crippen molar-refractivity contribution in [3.05, 3.63) is 42.6 Å². The zero-order valence-electron chi connectivity index (χ0n) is 4.39. The molecule has 0 saturated carbocycles. The Labute approximate surface area is 76.4 Å². The Morgan fingerprint density at radius 1 is 1.22 bits per heavy atom. The number of hydrogen-bond donors (Lipinski definition) is 0. The molecule has 0 nitrogen and oxygen atoms in total. The summed E-state index contributed by atoms with van der Waals surface area (Å²) >= 11 is 0. The summed E-state index contributed by atoms with van der Waals surface area (Å²) in [6, 6.07) is 6.42. The molecule has 0 saturated heterocycles. The SMILES string of the molecule is [CH2]c1ccccc1F.[NaH]. The molecule has 0 aliphatic carbocycles. The average molecular weight is 133 g/mol. The van der Waals surface area contributed by atoms with Crippen LogP contribution >= 0.6 is 0 Å². The van der Waals surface area contributed by atoms with Crippen LogP contribution in [-0.2, 0) is 0 Å². The predicted molar refractivity (Wildman–Crippen MR) is 38.0 cm³/mol. The number of halogens is 1. The third-order valence-corrected chi connectivity index (χ3v) is 0.958. The van der Waals surface area contributed by atoms with Crippen LogP contribution in [0.1, 0.15) is 5.56 Å². The van der Waals surface area contributed by atoms with Crippen molar-refractivity contribution in [1.29, 1.82) is 0 Å². The first kappa shape index (κ1) is 9.15. The molecule has 0 fully saturated rings. The van der Waals surface area contributed by atoms with Gasteiger partial charge >= 0.3 is 29.6 Å². The molecule has 1 radical (unpaired) electrons. The molecule has 0 spiro atoms. The van der Waals surface area contributed by atoms with Crippen molar-refractivity contribution in [1.82, 2.24) is 0 Å². The summed E-state index contributed by atoms with van der Waals surface area (Å²) in [5, 5.41) is 0. The average Bonchev–Trinajstić information content (AvgIpc) is 1.77. The van der Waals surface area contributed by atoms with Crippen molar-refractivity contribution in [2.45, 2.75) is 0 Å². The minimum absolute atomic E-state index is 0. The molecular formula is C7H7FNa. The molecule has 1 aromatic rings. The van der Waals surface area contributed by atoms with E-state index in [0.717, 1.165) is 0 Å². The fourth-order valence-corrected chi connectivity index (χ4v) is 0.498. The standard InChI is InChI=1S/C7H6F.Na.H/c1-6-4-2-3-5-7(6)8;;/h2-5H,1H2;;. The first-order valence-electron chi connectivity index (χ1n) is 2.37. The van der Waals surface area contributed by atoms with Crippen LogP contribution in [0.4, 0.5) is 4.39 Å². The first-order valence-corrected chi connectivity index (χ1v) is 2.37. The fraction of sp³-hybridized carbons (Fsp3) is 0. The molecule has 0 atom stereocenters. The normalized spacial score (nSPS) is 8.22. The molecule has 0 N–H and O–H groups in total. The minimum atomic E-state index is -0.243. The van der Waals surface area contributed by atoms with Crippen LogP contribution in [-0.4, -0.2) is 29.6 Å². The molecule has 1 aromatic carbocycles. The molecule has 2 heteroatoms. The van der Waals surface area contributed by atoms with Gasteiger partial charge in [-0.1, -0.05) is 18.2 Å². The Morgan fingerprint density at radius 2 is 1.78 bits per heavy atom. The van der Waals surface area contributed by atoms with Crippen molar-refractivity contribution < 1.29 is 4.39 Å². The molecule has 0 heterocycles. The van der Waals surface area contributed by atoms with E-state index in [2.05, 4.69) is 6.92 Å². The second-order valence-electron chi connectivity index (χ2n) is 1.59. The van der Waals surface area contributed by atoms with Crippen LogP contribution in [0.2, 0.25) is 0 Å². The van der Waals surface area contributed by atoms with Crippen LogP contribution in [0.15, 0.2) is 24.3 Å². The molecule has 1 rings (SSSR count). The van der Waals surface area contributed by atoms with Crippen molar-refractivity contribution in [2.75, 3.05) is 0 Å². The van der Waals surface area contributed by atoms with Gasteiger partial charge in [-0.25, -0.2) is 4.39 Å². The maximum atomic E-state index is 12.3. The van der Waals surface area contributed by atoms with Gasteiger partial charge in [0.1, 0.15) is 5.82 Å². The monoisotopic (exact) mass is 133 g/mol. The summed E-state index contributed by atoms with van der Waals surface area (Å²) in [6.07, 6.45) is 0. The number of hydrogen-bond acceptors (Lipinski definition) is 0. The fourth-order valence-electron chi connectivity index (χ4n) is 0.498. The van der Waals surface area contributed by atoms with E-state index in [-0.39, 0.29) is 35.4 Å². The summed E-state index contributed by atoms with van der Waals surface area (Å²) in [6.45, 7) is 3.45. The molecule has 0 aromatic heterocycles. The van der Waals surface area contributed by atoms with Crippen LogP contribution in [0.5, 0.6) is 0 Å². The molecule has 0 amide bonds. The van der Waals surface area contributed by atoms with E-state index in [0.29, 0.717) is 5.56 Å². The molecule has 0 aliphatic heterocycles. The number of rotatable bonds is 0.